The number of amides is 2. The normalized spacial score (nSPS) is 13.4. The number of aromatic nitrogens is 1. The summed E-state index contributed by atoms with van der Waals surface area (Å²) >= 11 is 1.51. The third kappa shape index (κ3) is 5.27. The lowest BCUT2D eigenvalue weighted by Gasteiger charge is -2.29. The molecule has 3 aromatic rings. The van der Waals surface area contributed by atoms with Crippen LogP contribution >= 0.6 is 11.3 Å². The molecule has 34 heavy (non-hydrogen) atoms. The zero-order valence-electron chi connectivity index (χ0n) is 18.6. The number of methoxy groups -OCH3 is 1. The van der Waals surface area contributed by atoms with Crippen molar-refractivity contribution >= 4 is 38.9 Å². The molecule has 1 aromatic heterocycles. The first-order valence-corrected chi connectivity index (χ1v) is 12.8. The third-order valence-corrected chi connectivity index (χ3v) is 7.45. The van der Waals surface area contributed by atoms with Crippen LogP contribution in [0.3, 0.4) is 0 Å². The van der Waals surface area contributed by atoms with E-state index in [1.807, 2.05) is 23.1 Å². The SMILES string of the molecule is COCCc1nc(-c2ccc3c(c2)N(CC(=O)NS(=O)(=O)c2ccc(C)cc2)C(=O)CO3)cs1. The first-order valence-electron chi connectivity index (χ1n) is 10.4. The fourth-order valence-corrected chi connectivity index (χ4v) is 5.15. The Morgan fingerprint density at radius 1 is 1.24 bits per heavy atom. The number of hydrogen-bond donors (Lipinski definition) is 1. The highest BCUT2D eigenvalue weighted by Crippen LogP contribution is 2.36. The van der Waals surface area contributed by atoms with Crippen LogP contribution in [0.15, 0.2) is 52.7 Å². The number of thiazole rings is 1. The highest BCUT2D eigenvalue weighted by atomic mass is 32.2. The van der Waals surface area contributed by atoms with Crippen LogP contribution in [-0.4, -0.2) is 52.1 Å². The van der Waals surface area contributed by atoms with E-state index in [2.05, 4.69) is 4.98 Å². The van der Waals surface area contributed by atoms with E-state index in [-0.39, 0.29) is 11.5 Å². The number of hydrogen-bond acceptors (Lipinski definition) is 8. The van der Waals surface area contributed by atoms with E-state index >= 15 is 0 Å². The van der Waals surface area contributed by atoms with Gasteiger partial charge in [0, 0.05) is 24.5 Å². The van der Waals surface area contributed by atoms with Crippen molar-refractivity contribution in [3.8, 4) is 17.0 Å². The average Bonchev–Trinajstić information content (AvgIpc) is 3.28. The minimum absolute atomic E-state index is 0.0322. The van der Waals surface area contributed by atoms with Crippen molar-refractivity contribution in [3.63, 3.8) is 0 Å². The molecule has 0 fully saturated rings. The van der Waals surface area contributed by atoms with E-state index < -0.39 is 28.4 Å². The Bertz CT molecular complexity index is 1320. The van der Waals surface area contributed by atoms with Crippen molar-refractivity contribution in [2.75, 3.05) is 31.8 Å². The molecular formula is C23H23N3O6S2. The number of carbonyl (C=O) groups is 2. The first-order chi connectivity index (χ1) is 16.3. The average molecular weight is 502 g/mol. The lowest BCUT2D eigenvalue weighted by molar-refractivity contribution is -0.124. The maximum atomic E-state index is 12.6. The molecule has 2 heterocycles. The molecule has 0 bridgehead atoms. The number of carbonyl (C=O) groups excluding carboxylic acids is 2. The van der Waals surface area contributed by atoms with Gasteiger partial charge in [0.15, 0.2) is 6.61 Å². The van der Waals surface area contributed by atoms with E-state index in [1.165, 1.54) is 28.4 Å². The van der Waals surface area contributed by atoms with Gasteiger partial charge in [0.2, 0.25) is 0 Å². The Hall–Kier alpha value is -3.28. The molecule has 2 aromatic carbocycles. The Kier molecular flexibility index (Phi) is 6.96. The second-order valence-electron chi connectivity index (χ2n) is 7.66. The molecule has 1 N–H and O–H groups in total. The summed E-state index contributed by atoms with van der Waals surface area (Å²) in [6.07, 6.45) is 0.690. The summed E-state index contributed by atoms with van der Waals surface area (Å²) < 4.78 is 37.8. The molecule has 178 valence electrons. The number of fused-ring (bicyclic) bond motifs is 1. The third-order valence-electron chi connectivity index (χ3n) is 5.15. The fourth-order valence-electron chi connectivity index (χ4n) is 3.38. The van der Waals surface area contributed by atoms with Crippen LogP contribution in [0.5, 0.6) is 5.75 Å². The minimum Gasteiger partial charge on any atom is -0.482 e. The summed E-state index contributed by atoms with van der Waals surface area (Å²) in [5.74, 6) is -0.860. The zero-order chi connectivity index (χ0) is 24.3. The van der Waals surface area contributed by atoms with E-state index in [1.54, 1.807) is 31.4 Å². The molecule has 0 aliphatic carbocycles. The van der Waals surface area contributed by atoms with Gasteiger partial charge in [-0.05, 0) is 37.3 Å². The van der Waals surface area contributed by atoms with E-state index in [9.17, 15) is 18.0 Å². The molecule has 0 radical (unpaired) electrons. The molecule has 2 amide bonds. The van der Waals surface area contributed by atoms with Crippen molar-refractivity contribution in [1.29, 1.82) is 0 Å². The fraction of sp³-hybridized carbons (Fsp3) is 0.261. The molecule has 9 nitrogen and oxygen atoms in total. The topological polar surface area (TPSA) is 115 Å². The summed E-state index contributed by atoms with van der Waals surface area (Å²) in [4.78, 5) is 31.0. The lowest BCUT2D eigenvalue weighted by atomic mass is 10.1. The zero-order valence-corrected chi connectivity index (χ0v) is 20.2. The van der Waals surface area contributed by atoms with Gasteiger partial charge in [-0.2, -0.15) is 0 Å². The molecule has 11 heteroatoms. The number of aryl methyl sites for hydroxylation is 1. The number of sulfonamides is 1. The van der Waals surface area contributed by atoms with Crippen molar-refractivity contribution < 1.29 is 27.5 Å². The van der Waals surface area contributed by atoms with Crippen molar-refractivity contribution in [2.24, 2.45) is 0 Å². The van der Waals surface area contributed by atoms with Crippen molar-refractivity contribution in [3.05, 3.63) is 58.4 Å². The molecule has 4 rings (SSSR count). The summed E-state index contributed by atoms with van der Waals surface area (Å²) in [7, 11) is -2.43. The van der Waals surface area contributed by atoms with Crippen molar-refractivity contribution in [2.45, 2.75) is 18.2 Å². The predicted molar refractivity (Wildman–Crippen MR) is 127 cm³/mol. The van der Waals surface area contributed by atoms with E-state index in [0.29, 0.717) is 24.5 Å². The largest absolute Gasteiger partial charge is 0.482 e. The quantitative estimate of drug-likeness (QED) is 0.504. The maximum Gasteiger partial charge on any atom is 0.265 e. The van der Waals surface area contributed by atoms with Gasteiger partial charge in [-0.25, -0.2) is 18.1 Å². The molecule has 0 spiro atoms. The number of nitrogens with zero attached hydrogens (tertiary/aromatic N) is 2. The van der Waals surface area contributed by atoms with Crippen LogP contribution in [0.2, 0.25) is 0 Å². The molecule has 1 aliphatic rings. The molecule has 0 saturated heterocycles. The van der Waals surface area contributed by atoms with E-state index in [4.69, 9.17) is 9.47 Å². The highest BCUT2D eigenvalue weighted by Gasteiger charge is 2.29. The van der Waals surface area contributed by atoms with Crippen LogP contribution in [0.1, 0.15) is 10.6 Å². The summed E-state index contributed by atoms with van der Waals surface area (Å²) in [6, 6.07) is 11.4. The minimum atomic E-state index is -4.07. The predicted octanol–water partition coefficient (Wildman–Crippen LogP) is 2.54. The summed E-state index contributed by atoms with van der Waals surface area (Å²) in [5, 5.41) is 2.82. The molecule has 0 atom stereocenters. The van der Waals surface area contributed by atoms with Gasteiger partial charge in [-0.1, -0.05) is 17.7 Å². The Morgan fingerprint density at radius 3 is 2.74 bits per heavy atom. The molecular weight excluding hydrogens is 478 g/mol. The standard InChI is InChI=1S/C23H23N3O6S2/c1-15-3-6-17(7-4-15)34(29,30)25-21(27)12-26-19-11-16(5-8-20(19)32-13-23(26)28)18-14-33-22(24-18)9-10-31-2/h3-8,11,14H,9-10,12-13H2,1-2H3,(H,25,27). The number of benzene rings is 2. The summed E-state index contributed by atoms with van der Waals surface area (Å²) in [5.41, 5.74) is 2.74. The molecule has 0 saturated carbocycles. The van der Waals surface area contributed by atoms with Gasteiger partial charge in [0.1, 0.15) is 12.3 Å². The number of nitrogens with one attached hydrogen (secondary N) is 1. The van der Waals surface area contributed by atoms with Crippen LogP contribution in [-0.2, 0) is 30.8 Å². The first kappa shape index (κ1) is 23.9. The van der Waals surface area contributed by atoms with Crippen LogP contribution in [0.4, 0.5) is 5.69 Å². The van der Waals surface area contributed by atoms with Crippen LogP contribution in [0.25, 0.3) is 11.3 Å². The second kappa shape index (κ2) is 9.92. The van der Waals surface area contributed by atoms with Gasteiger partial charge in [-0.3, -0.25) is 14.5 Å². The van der Waals surface area contributed by atoms with Gasteiger partial charge in [0.25, 0.3) is 21.8 Å². The monoisotopic (exact) mass is 501 g/mol. The van der Waals surface area contributed by atoms with Gasteiger partial charge in [0.05, 0.1) is 27.9 Å². The van der Waals surface area contributed by atoms with Gasteiger partial charge >= 0.3 is 0 Å². The highest BCUT2D eigenvalue weighted by molar-refractivity contribution is 7.90. The lowest BCUT2D eigenvalue weighted by Crippen LogP contribution is -2.46. The van der Waals surface area contributed by atoms with Gasteiger partial charge in [-0.15, -0.1) is 11.3 Å². The number of anilines is 1. The number of rotatable bonds is 8. The smallest absolute Gasteiger partial charge is 0.265 e. The van der Waals surface area contributed by atoms with Crippen molar-refractivity contribution in [1.82, 2.24) is 9.71 Å². The Balaban J connectivity index is 1.55. The molecule has 1 aliphatic heterocycles. The molecule has 0 unspecified atom stereocenters. The van der Waals surface area contributed by atoms with Crippen LogP contribution in [0, 0.1) is 6.92 Å². The Labute approximate surface area is 201 Å². The summed E-state index contributed by atoms with van der Waals surface area (Å²) in [6.45, 7) is 1.67. The van der Waals surface area contributed by atoms with Gasteiger partial charge < -0.3 is 9.47 Å². The second-order valence-corrected chi connectivity index (χ2v) is 10.3. The van der Waals surface area contributed by atoms with E-state index in [0.717, 1.165) is 21.8 Å². The maximum absolute atomic E-state index is 12.6. The number of ether oxygens (including phenoxy) is 2. The Morgan fingerprint density at radius 2 is 2.00 bits per heavy atom. The van der Waals surface area contributed by atoms with Crippen LogP contribution < -0.4 is 14.4 Å².